The highest BCUT2D eigenvalue weighted by Gasteiger charge is 2.38. The molecule has 0 saturated carbocycles. The molecule has 1 aromatic carbocycles. The molecular formula is C19H25FN2O3. The van der Waals surface area contributed by atoms with Crippen molar-refractivity contribution < 1.29 is 19.1 Å². The van der Waals surface area contributed by atoms with Gasteiger partial charge in [0, 0.05) is 33.1 Å². The van der Waals surface area contributed by atoms with Crippen molar-refractivity contribution in [2.75, 3.05) is 26.7 Å². The number of phenolic OH excluding ortho intramolecular Hbond substituents is 1. The molecule has 0 aromatic heterocycles. The van der Waals surface area contributed by atoms with Crippen molar-refractivity contribution in [3.8, 4) is 5.75 Å². The average molecular weight is 348 g/mol. The van der Waals surface area contributed by atoms with Crippen LogP contribution in [0.4, 0.5) is 4.39 Å². The third-order valence-corrected chi connectivity index (χ3v) is 5.82. The zero-order valence-electron chi connectivity index (χ0n) is 14.6. The summed E-state index contributed by atoms with van der Waals surface area (Å²) in [6, 6.07) is 4.07. The van der Waals surface area contributed by atoms with E-state index in [-0.39, 0.29) is 23.7 Å². The van der Waals surface area contributed by atoms with Gasteiger partial charge in [-0.1, -0.05) is 6.07 Å². The third-order valence-electron chi connectivity index (χ3n) is 5.82. The Kier molecular flexibility index (Phi) is 4.97. The average Bonchev–Trinajstić information content (AvgIpc) is 2.73. The second-order valence-corrected chi connectivity index (χ2v) is 7.41. The van der Waals surface area contributed by atoms with Gasteiger partial charge in [-0.2, -0.15) is 0 Å². The predicted octanol–water partition coefficient (Wildman–Crippen LogP) is 2.32. The second-order valence-electron chi connectivity index (χ2n) is 7.41. The first-order valence-corrected chi connectivity index (χ1v) is 8.88. The van der Waals surface area contributed by atoms with E-state index in [1.165, 1.54) is 12.1 Å². The lowest BCUT2D eigenvalue weighted by molar-refractivity contribution is -0.133. The molecule has 0 atom stereocenters. The number of hydrogen-bond acceptors (Lipinski definition) is 3. The van der Waals surface area contributed by atoms with Gasteiger partial charge < -0.3 is 14.9 Å². The molecule has 0 radical (unpaired) electrons. The van der Waals surface area contributed by atoms with Gasteiger partial charge in [0.25, 0.3) is 0 Å². The summed E-state index contributed by atoms with van der Waals surface area (Å²) in [4.78, 5) is 28.0. The number of phenols is 1. The standard InChI is InChI=1S/C19H25FN2O3/c1-21-9-6-19(5-4-17(21)24)7-10-22(11-8-19)18(25)13-14-2-3-16(23)15(20)12-14/h2-3,12,23H,4-11,13H2,1H3. The Balaban J connectivity index is 1.57. The summed E-state index contributed by atoms with van der Waals surface area (Å²) in [5.74, 6) is -0.898. The van der Waals surface area contributed by atoms with E-state index in [2.05, 4.69) is 0 Å². The summed E-state index contributed by atoms with van der Waals surface area (Å²) >= 11 is 0. The molecule has 2 saturated heterocycles. The zero-order chi connectivity index (χ0) is 18.0. The van der Waals surface area contributed by atoms with Crippen molar-refractivity contribution >= 4 is 11.8 Å². The topological polar surface area (TPSA) is 60.9 Å². The van der Waals surface area contributed by atoms with Crippen LogP contribution in [0.5, 0.6) is 5.75 Å². The molecule has 2 fully saturated rings. The Morgan fingerprint density at radius 1 is 1.20 bits per heavy atom. The number of amides is 2. The monoisotopic (exact) mass is 348 g/mol. The van der Waals surface area contributed by atoms with Crippen LogP contribution >= 0.6 is 0 Å². The van der Waals surface area contributed by atoms with Gasteiger partial charge in [-0.05, 0) is 48.8 Å². The van der Waals surface area contributed by atoms with E-state index in [0.717, 1.165) is 32.2 Å². The highest BCUT2D eigenvalue weighted by Crippen LogP contribution is 2.41. The van der Waals surface area contributed by atoms with Gasteiger partial charge in [-0.25, -0.2) is 4.39 Å². The maximum absolute atomic E-state index is 13.4. The smallest absolute Gasteiger partial charge is 0.226 e. The first-order valence-electron chi connectivity index (χ1n) is 8.88. The molecule has 2 amide bonds. The van der Waals surface area contributed by atoms with Crippen molar-refractivity contribution in [3.63, 3.8) is 0 Å². The number of carbonyl (C=O) groups excluding carboxylic acids is 2. The SMILES string of the molecule is CN1CCC2(CCC1=O)CCN(C(=O)Cc1ccc(O)c(F)c1)CC2. The Hall–Kier alpha value is -2.11. The highest BCUT2D eigenvalue weighted by molar-refractivity contribution is 5.79. The molecule has 2 aliphatic heterocycles. The number of carbonyl (C=O) groups is 2. The molecule has 0 aliphatic carbocycles. The lowest BCUT2D eigenvalue weighted by Gasteiger charge is -2.41. The van der Waals surface area contributed by atoms with E-state index in [1.807, 2.05) is 16.8 Å². The summed E-state index contributed by atoms with van der Waals surface area (Å²) < 4.78 is 13.4. The van der Waals surface area contributed by atoms with Crippen LogP contribution in [0, 0.1) is 11.2 Å². The van der Waals surface area contributed by atoms with Crippen molar-refractivity contribution in [2.45, 2.75) is 38.5 Å². The van der Waals surface area contributed by atoms with E-state index in [0.29, 0.717) is 25.1 Å². The summed E-state index contributed by atoms with van der Waals surface area (Å²) in [7, 11) is 1.86. The molecule has 3 rings (SSSR count). The molecule has 2 heterocycles. The largest absolute Gasteiger partial charge is 0.505 e. The molecule has 2 aliphatic rings. The Bertz CT molecular complexity index is 669. The summed E-state index contributed by atoms with van der Waals surface area (Å²) in [6.45, 7) is 2.17. The normalized spacial score (nSPS) is 20.6. The predicted molar refractivity (Wildman–Crippen MR) is 91.5 cm³/mol. The molecule has 5 nitrogen and oxygen atoms in total. The van der Waals surface area contributed by atoms with E-state index in [1.54, 1.807) is 6.07 Å². The minimum atomic E-state index is -0.699. The highest BCUT2D eigenvalue weighted by atomic mass is 19.1. The van der Waals surface area contributed by atoms with Gasteiger partial charge in [0.1, 0.15) is 0 Å². The minimum absolute atomic E-state index is 0.0123. The number of likely N-dealkylation sites (tertiary alicyclic amines) is 2. The van der Waals surface area contributed by atoms with Crippen LogP contribution in [-0.2, 0) is 16.0 Å². The number of benzene rings is 1. The fourth-order valence-electron chi connectivity index (χ4n) is 3.89. The molecule has 136 valence electrons. The van der Waals surface area contributed by atoms with Crippen molar-refractivity contribution in [3.05, 3.63) is 29.6 Å². The Labute approximate surface area is 147 Å². The first-order chi connectivity index (χ1) is 11.9. The second kappa shape index (κ2) is 7.02. The Morgan fingerprint density at radius 2 is 1.88 bits per heavy atom. The third kappa shape index (κ3) is 3.94. The van der Waals surface area contributed by atoms with Gasteiger partial charge in [0.05, 0.1) is 6.42 Å². The van der Waals surface area contributed by atoms with Crippen LogP contribution in [-0.4, -0.2) is 53.4 Å². The quantitative estimate of drug-likeness (QED) is 0.892. The van der Waals surface area contributed by atoms with Crippen molar-refractivity contribution in [1.29, 1.82) is 0 Å². The number of halogens is 1. The van der Waals surface area contributed by atoms with Crippen LogP contribution in [0.15, 0.2) is 18.2 Å². The maximum atomic E-state index is 13.4. The fraction of sp³-hybridized carbons (Fsp3) is 0.579. The summed E-state index contributed by atoms with van der Waals surface area (Å²) in [5.41, 5.74) is 0.740. The minimum Gasteiger partial charge on any atom is -0.505 e. The number of piperidine rings is 1. The number of nitrogens with zero attached hydrogens (tertiary/aromatic N) is 2. The van der Waals surface area contributed by atoms with Gasteiger partial charge in [0.2, 0.25) is 11.8 Å². The van der Waals surface area contributed by atoms with Crippen LogP contribution in [0.1, 0.15) is 37.7 Å². The number of aromatic hydroxyl groups is 1. The van der Waals surface area contributed by atoms with E-state index in [9.17, 15) is 19.1 Å². The van der Waals surface area contributed by atoms with E-state index < -0.39 is 11.6 Å². The van der Waals surface area contributed by atoms with Crippen LogP contribution < -0.4 is 0 Å². The lowest BCUT2D eigenvalue weighted by Crippen LogP contribution is -2.44. The van der Waals surface area contributed by atoms with Gasteiger partial charge >= 0.3 is 0 Å². The molecular weight excluding hydrogens is 323 g/mol. The van der Waals surface area contributed by atoms with Gasteiger partial charge in [0.15, 0.2) is 11.6 Å². The number of rotatable bonds is 2. The lowest BCUT2D eigenvalue weighted by atomic mass is 9.73. The first kappa shape index (κ1) is 17.7. The Morgan fingerprint density at radius 3 is 2.56 bits per heavy atom. The van der Waals surface area contributed by atoms with Crippen molar-refractivity contribution in [2.24, 2.45) is 5.41 Å². The number of hydrogen-bond donors (Lipinski definition) is 1. The van der Waals surface area contributed by atoms with E-state index >= 15 is 0 Å². The molecule has 0 bridgehead atoms. The van der Waals surface area contributed by atoms with Crippen LogP contribution in [0.3, 0.4) is 0 Å². The molecule has 1 spiro atoms. The van der Waals surface area contributed by atoms with Crippen LogP contribution in [0.2, 0.25) is 0 Å². The van der Waals surface area contributed by atoms with Gasteiger partial charge in [-0.15, -0.1) is 0 Å². The van der Waals surface area contributed by atoms with Crippen molar-refractivity contribution in [1.82, 2.24) is 9.80 Å². The summed E-state index contributed by atoms with van der Waals surface area (Å²) in [5, 5.41) is 9.23. The molecule has 1 N–H and O–H groups in total. The van der Waals surface area contributed by atoms with Gasteiger partial charge in [-0.3, -0.25) is 9.59 Å². The van der Waals surface area contributed by atoms with E-state index in [4.69, 9.17) is 0 Å². The fourth-order valence-corrected chi connectivity index (χ4v) is 3.89. The molecule has 25 heavy (non-hydrogen) atoms. The zero-order valence-corrected chi connectivity index (χ0v) is 14.6. The molecule has 0 unspecified atom stereocenters. The molecule has 1 aromatic rings. The van der Waals surface area contributed by atoms with Crippen LogP contribution in [0.25, 0.3) is 0 Å². The molecule has 6 heteroatoms. The maximum Gasteiger partial charge on any atom is 0.226 e. The summed E-state index contributed by atoms with van der Waals surface area (Å²) in [6.07, 6.45) is 4.48.